The van der Waals surface area contributed by atoms with Crippen LogP contribution in [0.5, 0.6) is 5.75 Å². The van der Waals surface area contributed by atoms with E-state index in [-0.39, 0.29) is 11.1 Å². The molecule has 0 spiro atoms. The molecule has 6 N–H and O–H groups in total. The topological polar surface area (TPSA) is 138 Å². The second-order valence-electron chi connectivity index (χ2n) is 4.90. The van der Waals surface area contributed by atoms with E-state index < -0.39 is 17.7 Å². The number of methoxy groups -OCH3 is 1. The fourth-order valence-electron chi connectivity index (χ4n) is 2.52. The maximum atomic E-state index is 12.2. The molecule has 1 aromatic rings. The second-order valence-corrected chi connectivity index (χ2v) is 4.90. The SMILES string of the molecule is COc1ccc(C2C(C#N)=C(O)N(N)C(C)=C2C(=O)NN)cc1. The third kappa shape index (κ3) is 2.70. The van der Waals surface area contributed by atoms with Crippen molar-refractivity contribution >= 4 is 5.91 Å². The first-order valence-corrected chi connectivity index (χ1v) is 6.70. The summed E-state index contributed by atoms with van der Waals surface area (Å²) in [7, 11) is 1.53. The number of allylic oxidation sites excluding steroid dienone is 2. The number of carbonyl (C=O) groups is 1. The van der Waals surface area contributed by atoms with Crippen LogP contribution in [0.4, 0.5) is 0 Å². The lowest BCUT2D eigenvalue weighted by molar-refractivity contribution is -0.118. The van der Waals surface area contributed by atoms with Crippen molar-refractivity contribution in [1.82, 2.24) is 10.4 Å². The highest BCUT2D eigenvalue weighted by atomic mass is 16.5. The Labute approximate surface area is 133 Å². The van der Waals surface area contributed by atoms with Gasteiger partial charge in [0.05, 0.1) is 18.6 Å². The molecule has 23 heavy (non-hydrogen) atoms. The van der Waals surface area contributed by atoms with Crippen LogP contribution >= 0.6 is 0 Å². The van der Waals surface area contributed by atoms with E-state index in [2.05, 4.69) is 5.43 Å². The molecule has 1 unspecified atom stereocenters. The number of nitrogens with two attached hydrogens (primary N) is 2. The molecule has 8 nitrogen and oxygen atoms in total. The Hall–Kier alpha value is -3.02. The van der Waals surface area contributed by atoms with Gasteiger partial charge in [-0.15, -0.1) is 0 Å². The molecule has 8 heteroatoms. The van der Waals surface area contributed by atoms with E-state index in [1.807, 2.05) is 6.07 Å². The lowest BCUT2D eigenvalue weighted by Crippen LogP contribution is -2.41. The number of nitriles is 1. The minimum Gasteiger partial charge on any atom is -0.497 e. The van der Waals surface area contributed by atoms with Gasteiger partial charge in [-0.05, 0) is 24.6 Å². The first-order valence-electron chi connectivity index (χ1n) is 6.70. The number of amides is 1. The monoisotopic (exact) mass is 315 g/mol. The third-order valence-corrected chi connectivity index (χ3v) is 3.74. The van der Waals surface area contributed by atoms with Gasteiger partial charge in [0.2, 0.25) is 5.88 Å². The fraction of sp³-hybridized carbons (Fsp3) is 0.200. The van der Waals surface area contributed by atoms with E-state index >= 15 is 0 Å². The minimum absolute atomic E-state index is 0.0399. The van der Waals surface area contributed by atoms with Crippen LogP contribution < -0.4 is 21.8 Å². The summed E-state index contributed by atoms with van der Waals surface area (Å²) in [4.78, 5) is 12.2. The molecule has 0 saturated heterocycles. The Morgan fingerprint density at radius 2 is 2.04 bits per heavy atom. The average molecular weight is 315 g/mol. The Kier molecular flexibility index (Phi) is 4.55. The highest BCUT2D eigenvalue weighted by Crippen LogP contribution is 2.40. The van der Waals surface area contributed by atoms with Crippen molar-refractivity contribution in [3.63, 3.8) is 0 Å². The Bertz CT molecular complexity index is 730. The van der Waals surface area contributed by atoms with E-state index in [1.165, 1.54) is 7.11 Å². The number of hydrazine groups is 2. The lowest BCUT2D eigenvalue weighted by Gasteiger charge is -2.32. The number of ether oxygens (including phenoxy) is 1. The zero-order chi connectivity index (χ0) is 17.1. The Morgan fingerprint density at radius 3 is 2.52 bits per heavy atom. The van der Waals surface area contributed by atoms with Gasteiger partial charge in [0.25, 0.3) is 5.91 Å². The molecule has 1 heterocycles. The maximum absolute atomic E-state index is 12.2. The Balaban J connectivity index is 2.66. The van der Waals surface area contributed by atoms with Crippen LogP contribution in [0.3, 0.4) is 0 Å². The molecule has 0 radical (unpaired) electrons. The predicted molar refractivity (Wildman–Crippen MR) is 82.1 cm³/mol. The summed E-state index contributed by atoms with van der Waals surface area (Å²) in [6.07, 6.45) is 0. The second kappa shape index (κ2) is 6.39. The van der Waals surface area contributed by atoms with E-state index in [4.69, 9.17) is 16.4 Å². The van der Waals surface area contributed by atoms with Crippen LogP contribution in [-0.2, 0) is 4.79 Å². The highest BCUT2D eigenvalue weighted by molar-refractivity contribution is 5.96. The molecule has 1 amide bonds. The smallest absolute Gasteiger partial charge is 0.263 e. The summed E-state index contributed by atoms with van der Waals surface area (Å²) < 4.78 is 5.10. The number of nitrogens with zero attached hydrogens (tertiary/aromatic N) is 2. The number of nitrogens with one attached hydrogen (secondary N) is 1. The van der Waals surface area contributed by atoms with Crippen LogP contribution in [-0.4, -0.2) is 23.1 Å². The highest BCUT2D eigenvalue weighted by Gasteiger charge is 2.37. The zero-order valence-electron chi connectivity index (χ0n) is 12.7. The number of hydrogen-bond donors (Lipinski definition) is 4. The van der Waals surface area contributed by atoms with Crippen LogP contribution in [0.25, 0.3) is 0 Å². The van der Waals surface area contributed by atoms with Crippen molar-refractivity contribution in [3.8, 4) is 11.8 Å². The molecular weight excluding hydrogens is 298 g/mol. The summed E-state index contributed by atoms with van der Waals surface area (Å²) in [6.45, 7) is 1.56. The van der Waals surface area contributed by atoms with Gasteiger partial charge >= 0.3 is 0 Å². The van der Waals surface area contributed by atoms with E-state index in [0.29, 0.717) is 17.0 Å². The molecule has 0 aliphatic carbocycles. The summed E-state index contributed by atoms with van der Waals surface area (Å²) >= 11 is 0. The molecule has 0 fully saturated rings. The maximum Gasteiger partial charge on any atom is 0.263 e. The number of carbonyl (C=O) groups excluding carboxylic acids is 1. The van der Waals surface area contributed by atoms with Crippen molar-refractivity contribution in [2.75, 3.05) is 7.11 Å². The number of aliphatic hydroxyl groups excluding tert-OH is 1. The molecular formula is C15H17N5O3. The normalized spacial score (nSPS) is 17.9. The van der Waals surface area contributed by atoms with Gasteiger partial charge < -0.3 is 9.84 Å². The van der Waals surface area contributed by atoms with Gasteiger partial charge in [0.1, 0.15) is 17.4 Å². The molecule has 1 aromatic carbocycles. The number of benzene rings is 1. The van der Waals surface area contributed by atoms with Crippen LogP contribution in [0, 0.1) is 11.3 Å². The first kappa shape index (κ1) is 16.4. The number of rotatable bonds is 3. The molecule has 2 rings (SSSR count). The summed E-state index contributed by atoms with van der Waals surface area (Å²) in [6, 6.07) is 8.72. The summed E-state index contributed by atoms with van der Waals surface area (Å²) in [5.41, 5.74) is 3.12. The van der Waals surface area contributed by atoms with Crippen LogP contribution in [0.15, 0.2) is 47.0 Å². The van der Waals surface area contributed by atoms with Gasteiger partial charge in [-0.3, -0.25) is 15.2 Å². The van der Waals surface area contributed by atoms with Gasteiger partial charge in [-0.1, -0.05) is 12.1 Å². The van der Waals surface area contributed by atoms with Gasteiger partial charge in [-0.25, -0.2) is 11.7 Å². The van der Waals surface area contributed by atoms with Crippen molar-refractivity contribution in [2.45, 2.75) is 12.8 Å². The van der Waals surface area contributed by atoms with E-state index in [9.17, 15) is 15.2 Å². The fourth-order valence-corrected chi connectivity index (χ4v) is 2.52. The van der Waals surface area contributed by atoms with E-state index in [1.54, 1.807) is 31.2 Å². The van der Waals surface area contributed by atoms with Gasteiger partial charge in [0, 0.05) is 5.70 Å². The summed E-state index contributed by atoms with van der Waals surface area (Å²) in [5.74, 6) is 9.83. The van der Waals surface area contributed by atoms with Crippen molar-refractivity contribution < 1.29 is 14.6 Å². The first-order chi connectivity index (χ1) is 11.0. The predicted octanol–water partition coefficient (Wildman–Crippen LogP) is 0.525. The molecule has 120 valence electrons. The Morgan fingerprint density at radius 1 is 1.43 bits per heavy atom. The third-order valence-electron chi connectivity index (χ3n) is 3.74. The molecule has 0 saturated carbocycles. The number of aliphatic hydroxyl groups is 1. The number of hydrogen-bond acceptors (Lipinski definition) is 7. The molecule has 1 aliphatic rings. The molecule has 0 bridgehead atoms. The quantitative estimate of drug-likeness (QED) is 0.362. The van der Waals surface area contributed by atoms with Crippen LogP contribution in [0.2, 0.25) is 0 Å². The van der Waals surface area contributed by atoms with Crippen molar-refractivity contribution in [2.24, 2.45) is 11.7 Å². The van der Waals surface area contributed by atoms with Crippen molar-refractivity contribution in [3.05, 3.63) is 52.6 Å². The standard InChI is InChI=1S/C15H17N5O3/c1-8-12(14(21)19-17)13(11(7-16)15(22)20(8)18)9-3-5-10(23-2)6-4-9/h3-6,13,22H,17-18H2,1-2H3,(H,19,21). The largest absolute Gasteiger partial charge is 0.497 e. The molecule has 0 aromatic heterocycles. The zero-order valence-corrected chi connectivity index (χ0v) is 12.7. The lowest BCUT2D eigenvalue weighted by atomic mass is 9.81. The minimum atomic E-state index is -0.783. The van der Waals surface area contributed by atoms with Crippen molar-refractivity contribution in [1.29, 1.82) is 5.26 Å². The summed E-state index contributed by atoms with van der Waals surface area (Å²) in [5, 5.41) is 20.5. The van der Waals surface area contributed by atoms with Gasteiger partial charge in [-0.2, -0.15) is 5.26 Å². The van der Waals surface area contributed by atoms with Gasteiger partial charge in [0.15, 0.2) is 0 Å². The van der Waals surface area contributed by atoms with Crippen LogP contribution in [0.1, 0.15) is 18.4 Å². The molecule has 1 aliphatic heterocycles. The average Bonchev–Trinajstić information content (AvgIpc) is 2.59. The van der Waals surface area contributed by atoms with E-state index in [0.717, 1.165) is 5.01 Å². The molecule has 1 atom stereocenters.